The SMILES string of the molecule is CCCOc1c(Cl)cc(-c2nc3cc(C)c(C)cc3[nH]2)cc1Cl. The summed E-state index contributed by atoms with van der Waals surface area (Å²) in [7, 11) is 0. The summed E-state index contributed by atoms with van der Waals surface area (Å²) in [5, 5.41) is 0.988. The van der Waals surface area contributed by atoms with Gasteiger partial charge in [-0.25, -0.2) is 4.98 Å². The van der Waals surface area contributed by atoms with Crippen molar-refractivity contribution >= 4 is 34.2 Å². The number of imidazole rings is 1. The van der Waals surface area contributed by atoms with E-state index in [1.54, 1.807) is 0 Å². The fourth-order valence-electron chi connectivity index (χ4n) is 2.44. The second-order valence-corrected chi connectivity index (χ2v) is 6.47. The molecule has 0 aliphatic rings. The van der Waals surface area contributed by atoms with Gasteiger partial charge < -0.3 is 9.72 Å². The van der Waals surface area contributed by atoms with Crippen molar-refractivity contribution in [3.05, 3.63) is 45.4 Å². The molecule has 2 aromatic carbocycles. The molecule has 3 rings (SSSR count). The molecule has 1 N–H and O–H groups in total. The highest BCUT2D eigenvalue weighted by Crippen LogP contribution is 2.37. The molecule has 0 fully saturated rings. The number of benzene rings is 2. The van der Waals surface area contributed by atoms with Gasteiger partial charge in [-0.1, -0.05) is 30.1 Å². The number of halogens is 2. The van der Waals surface area contributed by atoms with Crippen molar-refractivity contribution in [2.24, 2.45) is 0 Å². The molecule has 120 valence electrons. The Balaban J connectivity index is 2.04. The molecular formula is C18H18Cl2N2O. The number of ether oxygens (including phenoxy) is 1. The average molecular weight is 349 g/mol. The molecule has 0 aliphatic heterocycles. The number of rotatable bonds is 4. The molecule has 5 heteroatoms. The van der Waals surface area contributed by atoms with E-state index in [9.17, 15) is 0 Å². The summed E-state index contributed by atoms with van der Waals surface area (Å²) in [5.74, 6) is 1.28. The van der Waals surface area contributed by atoms with Gasteiger partial charge in [-0.15, -0.1) is 0 Å². The van der Waals surface area contributed by atoms with Gasteiger partial charge in [0.15, 0.2) is 5.75 Å². The molecule has 0 bridgehead atoms. The molecule has 0 radical (unpaired) electrons. The molecule has 0 amide bonds. The molecule has 23 heavy (non-hydrogen) atoms. The third-order valence-corrected chi connectivity index (χ3v) is 4.38. The number of nitrogens with one attached hydrogen (secondary N) is 1. The summed E-state index contributed by atoms with van der Waals surface area (Å²) in [6.45, 7) is 6.79. The van der Waals surface area contributed by atoms with Gasteiger partial charge in [-0.2, -0.15) is 0 Å². The number of aromatic amines is 1. The standard InChI is InChI=1S/C18H18Cl2N2O/c1-4-5-23-17-13(19)8-12(9-14(17)20)18-21-15-6-10(2)11(3)7-16(15)22-18/h6-9H,4-5H2,1-3H3,(H,21,22). The zero-order valence-electron chi connectivity index (χ0n) is 13.3. The van der Waals surface area contributed by atoms with Crippen LogP contribution in [0.25, 0.3) is 22.4 Å². The summed E-state index contributed by atoms with van der Waals surface area (Å²) in [5.41, 5.74) is 5.22. The molecule has 0 atom stereocenters. The van der Waals surface area contributed by atoms with Gasteiger partial charge in [-0.3, -0.25) is 0 Å². The Kier molecular flexibility index (Phi) is 4.51. The summed E-state index contributed by atoms with van der Waals surface area (Å²) >= 11 is 12.6. The number of fused-ring (bicyclic) bond motifs is 1. The van der Waals surface area contributed by atoms with Gasteiger partial charge in [0.25, 0.3) is 0 Å². The van der Waals surface area contributed by atoms with Gasteiger partial charge in [0.05, 0.1) is 27.7 Å². The first-order valence-corrected chi connectivity index (χ1v) is 8.34. The predicted octanol–water partition coefficient (Wildman–Crippen LogP) is 5.94. The van der Waals surface area contributed by atoms with Crippen LogP contribution in [-0.2, 0) is 0 Å². The van der Waals surface area contributed by atoms with Crippen molar-refractivity contribution in [2.75, 3.05) is 6.61 Å². The largest absolute Gasteiger partial charge is 0.490 e. The summed E-state index contributed by atoms with van der Waals surface area (Å²) in [6.07, 6.45) is 0.899. The van der Waals surface area contributed by atoms with Gasteiger partial charge in [0.2, 0.25) is 0 Å². The van der Waals surface area contributed by atoms with Crippen LogP contribution in [0.1, 0.15) is 24.5 Å². The fraction of sp³-hybridized carbons (Fsp3) is 0.278. The first kappa shape index (κ1) is 16.2. The molecule has 1 heterocycles. The molecule has 0 spiro atoms. The quantitative estimate of drug-likeness (QED) is 0.633. The van der Waals surface area contributed by atoms with Crippen LogP contribution < -0.4 is 4.74 Å². The minimum absolute atomic E-state index is 0.494. The second-order valence-electron chi connectivity index (χ2n) is 5.66. The van der Waals surface area contributed by atoms with E-state index in [1.807, 2.05) is 19.1 Å². The Bertz CT molecular complexity index is 809. The van der Waals surface area contributed by atoms with Crippen molar-refractivity contribution < 1.29 is 4.74 Å². The molecule has 0 saturated carbocycles. The Morgan fingerprint density at radius 1 is 1.04 bits per heavy atom. The zero-order chi connectivity index (χ0) is 16.6. The highest BCUT2D eigenvalue weighted by Gasteiger charge is 2.13. The first-order chi connectivity index (χ1) is 11.0. The summed E-state index contributed by atoms with van der Waals surface area (Å²) in [6, 6.07) is 7.83. The Labute approximate surface area is 145 Å². The van der Waals surface area contributed by atoms with E-state index in [0.717, 1.165) is 28.8 Å². The fourth-order valence-corrected chi connectivity index (χ4v) is 3.04. The van der Waals surface area contributed by atoms with Gasteiger partial charge >= 0.3 is 0 Å². The van der Waals surface area contributed by atoms with Crippen LogP contribution in [0.2, 0.25) is 10.0 Å². The number of aryl methyl sites for hydroxylation is 2. The van der Waals surface area contributed by atoms with Crippen LogP contribution in [0.15, 0.2) is 24.3 Å². The molecule has 0 aliphatic carbocycles. The lowest BCUT2D eigenvalue weighted by Gasteiger charge is -2.10. The minimum atomic E-state index is 0.494. The zero-order valence-corrected chi connectivity index (χ0v) is 14.8. The van der Waals surface area contributed by atoms with E-state index < -0.39 is 0 Å². The average Bonchev–Trinajstić information content (AvgIpc) is 2.89. The number of nitrogens with zero attached hydrogens (tertiary/aromatic N) is 1. The van der Waals surface area contributed by atoms with Crippen LogP contribution in [0, 0.1) is 13.8 Å². The van der Waals surface area contributed by atoms with E-state index in [4.69, 9.17) is 27.9 Å². The predicted molar refractivity (Wildman–Crippen MR) is 96.8 cm³/mol. The summed E-state index contributed by atoms with van der Waals surface area (Å²) in [4.78, 5) is 7.97. The van der Waals surface area contributed by atoms with Crippen LogP contribution in [0.3, 0.4) is 0 Å². The van der Waals surface area contributed by atoms with E-state index in [2.05, 4.69) is 35.9 Å². The maximum Gasteiger partial charge on any atom is 0.156 e. The Morgan fingerprint density at radius 2 is 1.70 bits per heavy atom. The Hall–Kier alpha value is -1.71. The van der Waals surface area contributed by atoms with Crippen LogP contribution in [0.5, 0.6) is 5.75 Å². The van der Waals surface area contributed by atoms with E-state index >= 15 is 0 Å². The van der Waals surface area contributed by atoms with Crippen molar-refractivity contribution in [3.63, 3.8) is 0 Å². The van der Waals surface area contributed by atoms with Gasteiger partial charge in [-0.05, 0) is 55.7 Å². The van der Waals surface area contributed by atoms with E-state index in [1.165, 1.54) is 11.1 Å². The molecule has 3 aromatic rings. The van der Waals surface area contributed by atoms with Crippen LogP contribution >= 0.6 is 23.2 Å². The molecular weight excluding hydrogens is 331 g/mol. The van der Waals surface area contributed by atoms with Crippen molar-refractivity contribution in [2.45, 2.75) is 27.2 Å². The third-order valence-electron chi connectivity index (χ3n) is 3.82. The maximum absolute atomic E-state index is 6.32. The minimum Gasteiger partial charge on any atom is -0.490 e. The third kappa shape index (κ3) is 3.17. The number of hydrogen-bond donors (Lipinski definition) is 1. The van der Waals surface area contributed by atoms with E-state index in [0.29, 0.717) is 22.4 Å². The van der Waals surface area contributed by atoms with Crippen LogP contribution in [-0.4, -0.2) is 16.6 Å². The number of H-pyrrole nitrogens is 1. The normalized spacial score (nSPS) is 11.2. The topological polar surface area (TPSA) is 37.9 Å². The van der Waals surface area contributed by atoms with Gasteiger partial charge in [0, 0.05) is 5.56 Å². The van der Waals surface area contributed by atoms with Crippen molar-refractivity contribution in [3.8, 4) is 17.1 Å². The monoisotopic (exact) mass is 348 g/mol. The lowest BCUT2D eigenvalue weighted by atomic mass is 10.1. The molecule has 1 aromatic heterocycles. The van der Waals surface area contributed by atoms with E-state index in [-0.39, 0.29) is 0 Å². The second kappa shape index (κ2) is 6.42. The maximum atomic E-state index is 6.32. The Morgan fingerprint density at radius 3 is 2.35 bits per heavy atom. The smallest absolute Gasteiger partial charge is 0.156 e. The van der Waals surface area contributed by atoms with Crippen molar-refractivity contribution in [1.29, 1.82) is 0 Å². The highest BCUT2D eigenvalue weighted by molar-refractivity contribution is 6.37. The number of hydrogen-bond acceptors (Lipinski definition) is 2. The summed E-state index contributed by atoms with van der Waals surface area (Å²) < 4.78 is 5.60. The molecule has 0 unspecified atom stereocenters. The molecule has 0 saturated heterocycles. The first-order valence-electron chi connectivity index (χ1n) is 7.58. The van der Waals surface area contributed by atoms with Crippen LogP contribution in [0.4, 0.5) is 0 Å². The lowest BCUT2D eigenvalue weighted by Crippen LogP contribution is -1.97. The molecule has 3 nitrogen and oxygen atoms in total. The van der Waals surface area contributed by atoms with Crippen molar-refractivity contribution in [1.82, 2.24) is 9.97 Å². The lowest BCUT2D eigenvalue weighted by molar-refractivity contribution is 0.318. The highest BCUT2D eigenvalue weighted by atomic mass is 35.5. The van der Waals surface area contributed by atoms with Gasteiger partial charge in [0.1, 0.15) is 5.82 Å². The number of aromatic nitrogens is 2.